The number of hydrogen-bond donors (Lipinski definition) is 5. The fraction of sp³-hybridized carbons (Fsp3) is 0.517. The Hall–Kier alpha value is -3.84. The van der Waals surface area contributed by atoms with Gasteiger partial charge in [-0.25, -0.2) is 9.59 Å². The number of aliphatic carboxylic acids is 2. The van der Waals surface area contributed by atoms with Gasteiger partial charge in [0.25, 0.3) is 0 Å². The third-order valence-corrected chi connectivity index (χ3v) is 7.59. The highest BCUT2D eigenvalue weighted by Gasteiger charge is 2.36. The van der Waals surface area contributed by atoms with Gasteiger partial charge in [-0.2, -0.15) is 5.26 Å². The Morgan fingerprint density at radius 2 is 1.74 bits per heavy atom. The first-order valence-corrected chi connectivity index (χ1v) is 13.4. The molecule has 0 atom stereocenters. The molecule has 1 aromatic rings. The molecule has 0 saturated carbocycles. The van der Waals surface area contributed by atoms with E-state index in [0.29, 0.717) is 34.6 Å². The zero-order valence-corrected chi connectivity index (χ0v) is 23.5. The van der Waals surface area contributed by atoms with Crippen LogP contribution in [-0.2, 0) is 9.59 Å². The second kappa shape index (κ2) is 12.8. The maximum Gasteiger partial charge on any atom is 0.334 e. The number of carbonyl (C=O) groups is 2. The normalized spacial score (nSPS) is 18.0. The minimum absolute atomic E-state index is 0.0225. The van der Waals surface area contributed by atoms with E-state index in [-0.39, 0.29) is 17.1 Å². The Morgan fingerprint density at radius 1 is 1.13 bits per heavy atom. The molecule has 0 aromatic heterocycles. The Balaban J connectivity index is 1.70. The minimum atomic E-state index is -1.19. The molecule has 0 unspecified atom stereocenters. The zero-order chi connectivity index (χ0) is 28.7. The van der Waals surface area contributed by atoms with Crippen molar-refractivity contribution in [3.05, 3.63) is 52.4 Å². The topological polar surface area (TPSA) is 150 Å². The van der Waals surface area contributed by atoms with Crippen LogP contribution in [0.4, 0.5) is 5.69 Å². The second-order valence-corrected chi connectivity index (χ2v) is 11.3. The van der Waals surface area contributed by atoms with E-state index in [1.54, 1.807) is 38.1 Å². The SMILES string of the molecule is CC1=C(C(=O)O)C(c2cccc(NC(=NCCCN3CCC(C(C)(C)C)CC3)NC#N)c2)C(C(=O)O)=C(C)N1. The molecule has 210 valence electrons. The van der Waals surface area contributed by atoms with E-state index in [2.05, 4.69) is 46.6 Å². The molecule has 2 aliphatic rings. The van der Waals surface area contributed by atoms with Crippen LogP contribution in [0.1, 0.15) is 65.4 Å². The Labute approximate surface area is 230 Å². The summed E-state index contributed by atoms with van der Waals surface area (Å²) in [5, 5.41) is 37.5. The van der Waals surface area contributed by atoms with Crippen LogP contribution < -0.4 is 16.0 Å². The van der Waals surface area contributed by atoms with E-state index in [0.717, 1.165) is 32.0 Å². The Kier molecular flexibility index (Phi) is 9.76. The monoisotopic (exact) mass is 536 g/mol. The second-order valence-electron chi connectivity index (χ2n) is 11.3. The summed E-state index contributed by atoms with van der Waals surface area (Å²) in [6.07, 6.45) is 5.17. The molecule has 10 heteroatoms. The number of anilines is 1. The lowest BCUT2D eigenvalue weighted by atomic mass is 9.75. The lowest BCUT2D eigenvalue weighted by molar-refractivity contribution is -0.133. The fourth-order valence-electron chi connectivity index (χ4n) is 5.50. The van der Waals surface area contributed by atoms with Crippen molar-refractivity contribution in [2.24, 2.45) is 16.3 Å². The number of dihydropyridines is 1. The van der Waals surface area contributed by atoms with Crippen molar-refractivity contribution < 1.29 is 19.8 Å². The van der Waals surface area contributed by atoms with Crippen LogP contribution in [0.2, 0.25) is 0 Å². The molecule has 0 aliphatic carbocycles. The molecule has 0 amide bonds. The number of piperidine rings is 1. The maximum absolute atomic E-state index is 12.1. The Bertz CT molecular complexity index is 1180. The molecule has 0 radical (unpaired) electrons. The third kappa shape index (κ3) is 7.60. The average molecular weight is 537 g/mol. The lowest BCUT2D eigenvalue weighted by Crippen LogP contribution is -2.38. The minimum Gasteiger partial charge on any atom is -0.478 e. The van der Waals surface area contributed by atoms with Crippen molar-refractivity contribution in [3.63, 3.8) is 0 Å². The molecule has 5 N–H and O–H groups in total. The number of rotatable bonds is 8. The summed E-state index contributed by atoms with van der Waals surface area (Å²) in [6.45, 7) is 13.8. The summed E-state index contributed by atoms with van der Waals surface area (Å²) in [7, 11) is 0. The fourth-order valence-corrected chi connectivity index (χ4v) is 5.50. The molecule has 2 aliphatic heterocycles. The first kappa shape index (κ1) is 29.7. The Morgan fingerprint density at radius 3 is 2.28 bits per heavy atom. The molecule has 3 rings (SSSR count). The first-order valence-electron chi connectivity index (χ1n) is 13.4. The van der Waals surface area contributed by atoms with Crippen molar-refractivity contribution in [2.45, 2.75) is 59.8 Å². The first-order chi connectivity index (χ1) is 18.4. The van der Waals surface area contributed by atoms with Crippen molar-refractivity contribution in [1.29, 1.82) is 5.26 Å². The molecular weight excluding hydrogens is 496 g/mol. The quantitative estimate of drug-likeness (QED) is 0.109. The van der Waals surface area contributed by atoms with Gasteiger partial charge in [0.15, 0.2) is 6.19 Å². The molecule has 0 spiro atoms. The van der Waals surface area contributed by atoms with E-state index in [9.17, 15) is 25.1 Å². The average Bonchev–Trinajstić information content (AvgIpc) is 2.85. The molecular formula is C29H40N6O4. The highest BCUT2D eigenvalue weighted by Crippen LogP contribution is 2.39. The number of nitrogens with zero attached hydrogens (tertiary/aromatic N) is 3. The van der Waals surface area contributed by atoms with Crippen LogP contribution in [0.15, 0.2) is 51.8 Å². The number of carboxylic acids is 2. The van der Waals surface area contributed by atoms with Gasteiger partial charge in [-0.1, -0.05) is 32.9 Å². The summed E-state index contributed by atoms with van der Waals surface area (Å²) in [5.74, 6) is -2.31. The van der Waals surface area contributed by atoms with Gasteiger partial charge >= 0.3 is 11.9 Å². The van der Waals surface area contributed by atoms with Gasteiger partial charge in [-0.3, -0.25) is 10.3 Å². The maximum atomic E-state index is 12.1. The number of nitrogens with one attached hydrogen (secondary N) is 3. The molecule has 0 bridgehead atoms. The van der Waals surface area contributed by atoms with Crippen molar-refractivity contribution >= 4 is 23.6 Å². The van der Waals surface area contributed by atoms with E-state index < -0.39 is 17.9 Å². The van der Waals surface area contributed by atoms with Gasteiger partial charge in [-0.15, -0.1) is 0 Å². The van der Waals surface area contributed by atoms with Gasteiger partial charge < -0.3 is 25.7 Å². The molecule has 1 fully saturated rings. The number of guanidine groups is 1. The molecule has 1 aromatic carbocycles. The summed E-state index contributed by atoms with van der Waals surface area (Å²) in [4.78, 5) is 31.2. The molecule has 10 nitrogen and oxygen atoms in total. The van der Waals surface area contributed by atoms with Crippen LogP contribution in [-0.4, -0.2) is 59.2 Å². The highest BCUT2D eigenvalue weighted by molar-refractivity contribution is 5.99. The smallest absolute Gasteiger partial charge is 0.334 e. The highest BCUT2D eigenvalue weighted by atomic mass is 16.4. The van der Waals surface area contributed by atoms with E-state index in [1.165, 1.54) is 12.8 Å². The van der Waals surface area contributed by atoms with Crippen molar-refractivity contribution in [2.75, 3.05) is 31.5 Å². The van der Waals surface area contributed by atoms with Crippen LogP contribution in [0.3, 0.4) is 0 Å². The third-order valence-electron chi connectivity index (χ3n) is 7.59. The van der Waals surface area contributed by atoms with Crippen LogP contribution in [0, 0.1) is 22.8 Å². The van der Waals surface area contributed by atoms with Gasteiger partial charge in [-0.05, 0) is 81.8 Å². The van der Waals surface area contributed by atoms with Gasteiger partial charge in [0.05, 0.1) is 17.1 Å². The number of benzene rings is 1. The van der Waals surface area contributed by atoms with Crippen molar-refractivity contribution in [1.82, 2.24) is 15.5 Å². The summed E-state index contributed by atoms with van der Waals surface area (Å²) in [6, 6.07) is 6.86. The summed E-state index contributed by atoms with van der Waals surface area (Å²) < 4.78 is 0. The van der Waals surface area contributed by atoms with Crippen LogP contribution in [0.5, 0.6) is 0 Å². The standard InChI is InChI=1S/C29H40N6O4/c1-18-23(26(36)37)25(24(27(38)39)19(2)33-18)20-8-6-9-22(16-20)34-28(32-17-30)31-12-7-13-35-14-10-21(11-15-35)29(3,4)5/h6,8-9,16,21,25,33H,7,10-15H2,1-5H3,(H,36,37)(H,38,39)(H2,31,32,34). The number of likely N-dealkylation sites (tertiary alicyclic amines) is 1. The summed E-state index contributed by atoms with van der Waals surface area (Å²) in [5.41, 5.74) is 2.15. The van der Waals surface area contributed by atoms with E-state index in [1.807, 2.05) is 6.19 Å². The lowest BCUT2D eigenvalue weighted by Gasteiger charge is -2.38. The zero-order valence-electron chi connectivity index (χ0n) is 23.5. The number of hydrogen-bond acceptors (Lipinski definition) is 6. The predicted molar refractivity (Wildman–Crippen MR) is 151 cm³/mol. The number of allylic oxidation sites excluding steroid dienone is 2. The van der Waals surface area contributed by atoms with Crippen LogP contribution in [0.25, 0.3) is 0 Å². The largest absolute Gasteiger partial charge is 0.478 e. The molecule has 2 heterocycles. The van der Waals surface area contributed by atoms with E-state index >= 15 is 0 Å². The summed E-state index contributed by atoms with van der Waals surface area (Å²) >= 11 is 0. The predicted octanol–water partition coefficient (Wildman–Crippen LogP) is 4.08. The molecule has 39 heavy (non-hydrogen) atoms. The molecule has 1 saturated heterocycles. The van der Waals surface area contributed by atoms with Gasteiger partial charge in [0.1, 0.15) is 0 Å². The van der Waals surface area contributed by atoms with Crippen molar-refractivity contribution in [3.8, 4) is 6.19 Å². The van der Waals surface area contributed by atoms with E-state index in [4.69, 9.17) is 0 Å². The number of aliphatic imine (C=N–C) groups is 1. The van der Waals surface area contributed by atoms with Gasteiger partial charge in [0.2, 0.25) is 5.96 Å². The number of nitriles is 1. The van der Waals surface area contributed by atoms with Crippen LogP contribution >= 0.6 is 0 Å². The number of carboxylic acid groups (broad SMARTS) is 2. The van der Waals surface area contributed by atoms with Gasteiger partial charge in [0, 0.05) is 23.6 Å².